The molecule has 1 atom stereocenters. The lowest BCUT2D eigenvalue weighted by molar-refractivity contribution is -0.144. The Labute approximate surface area is 105 Å². The average molecular weight is 254 g/mol. The quantitative estimate of drug-likeness (QED) is 0.833. The van der Waals surface area contributed by atoms with Crippen LogP contribution in [0, 0.1) is 13.8 Å². The number of carbonyl (C=O) groups is 2. The molecular weight excluding hydrogens is 236 g/mol. The molecule has 0 bridgehead atoms. The maximum Gasteiger partial charge on any atom is 0.329 e. The Morgan fingerprint density at radius 2 is 2.06 bits per heavy atom. The molecule has 0 saturated heterocycles. The fraction of sp³-hybridized carbons (Fsp3) is 0.583. The van der Waals surface area contributed by atoms with Gasteiger partial charge >= 0.3 is 5.97 Å². The molecule has 0 aliphatic rings. The molecule has 18 heavy (non-hydrogen) atoms. The third kappa shape index (κ3) is 2.88. The van der Waals surface area contributed by atoms with Crippen molar-refractivity contribution in [3.63, 3.8) is 0 Å². The number of amides is 1. The van der Waals surface area contributed by atoms with E-state index in [1.54, 1.807) is 13.8 Å². The van der Waals surface area contributed by atoms with E-state index in [-0.39, 0.29) is 5.76 Å². The highest BCUT2D eigenvalue weighted by atomic mass is 16.4. The minimum absolute atomic E-state index is 0.0658. The van der Waals surface area contributed by atoms with E-state index in [0.717, 1.165) is 0 Å². The number of hydrogen-bond donors (Lipinski definition) is 2. The number of carbonyl (C=O) groups excluding carboxylic acids is 1. The Kier molecular flexibility index (Phi) is 4.11. The van der Waals surface area contributed by atoms with Gasteiger partial charge in [0, 0.05) is 6.92 Å². The van der Waals surface area contributed by atoms with Gasteiger partial charge < -0.3 is 14.8 Å². The number of nitrogens with one attached hydrogen (secondary N) is 1. The normalized spacial score (nSPS) is 14.0. The van der Waals surface area contributed by atoms with E-state index in [4.69, 9.17) is 4.42 Å². The highest BCUT2D eigenvalue weighted by Crippen LogP contribution is 2.16. The van der Waals surface area contributed by atoms with Gasteiger partial charge in [-0.1, -0.05) is 13.3 Å². The molecule has 0 fully saturated rings. The van der Waals surface area contributed by atoms with Crippen LogP contribution in [0.15, 0.2) is 4.42 Å². The fourth-order valence-corrected chi connectivity index (χ4v) is 1.77. The minimum Gasteiger partial charge on any atom is -0.480 e. The highest BCUT2D eigenvalue weighted by molar-refractivity contribution is 5.96. The third-order valence-electron chi connectivity index (χ3n) is 2.72. The summed E-state index contributed by atoms with van der Waals surface area (Å²) in [6.07, 6.45) is 0.998. The van der Waals surface area contributed by atoms with Crippen LogP contribution in [0.1, 0.15) is 48.8 Å². The van der Waals surface area contributed by atoms with E-state index in [2.05, 4.69) is 10.3 Å². The van der Waals surface area contributed by atoms with Crippen LogP contribution < -0.4 is 5.32 Å². The maximum absolute atomic E-state index is 12.0. The molecule has 2 N–H and O–H groups in total. The van der Waals surface area contributed by atoms with Gasteiger partial charge in [-0.05, 0) is 20.3 Å². The number of nitrogens with zero attached hydrogens (tertiary/aromatic N) is 1. The van der Waals surface area contributed by atoms with Crippen LogP contribution in [-0.2, 0) is 4.79 Å². The number of hydrogen-bond acceptors (Lipinski definition) is 4. The second-order valence-corrected chi connectivity index (χ2v) is 4.49. The van der Waals surface area contributed by atoms with Crippen molar-refractivity contribution < 1.29 is 19.1 Å². The Hall–Kier alpha value is -1.85. The van der Waals surface area contributed by atoms with Crippen molar-refractivity contribution in [2.45, 2.75) is 46.1 Å². The van der Waals surface area contributed by atoms with Gasteiger partial charge in [-0.25, -0.2) is 9.78 Å². The maximum atomic E-state index is 12.0. The number of oxazole rings is 1. The number of carboxylic acids is 1. The highest BCUT2D eigenvalue weighted by Gasteiger charge is 2.35. The summed E-state index contributed by atoms with van der Waals surface area (Å²) in [7, 11) is 0. The van der Waals surface area contributed by atoms with Crippen molar-refractivity contribution in [3.05, 3.63) is 17.3 Å². The second-order valence-electron chi connectivity index (χ2n) is 4.49. The lowest BCUT2D eigenvalue weighted by atomic mass is 9.96. The summed E-state index contributed by atoms with van der Waals surface area (Å²) in [5.41, 5.74) is -0.840. The standard InChI is InChI=1S/C12H18N2O4/c1-5-6-12(4,11(16)17)14-10(15)9-7(2)13-8(3)18-9/h5-6H2,1-4H3,(H,14,15)(H,16,17). The number of aromatic nitrogens is 1. The van der Waals surface area contributed by atoms with E-state index in [9.17, 15) is 14.7 Å². The topological polar surface area (TPSA) is 92.4 Å². The van der Waals surface area contributed by atoms with E-state index < -0.39 is 17.4 Å². The first-order chi connectivity index (χ1) is 8.30. The monoisotopic (exact) mass is 254 g/mol. The van der Waals surface area contributed by atoms with Crippen molar-refractivity contribution in [2.75, 3.05) is 0 Å². The van der Waals surface area contributed by atoms with Gasteiger partial charge in [0.2, 0.25) is 5.76 Å². The van der Waals surface area contributed by atoms with Crippen LogP contribution in [0.2, 0.25) is 0 Å². The second kappa shape index (κ2) is 5.20. The largest absolute Gasteiger partial charge is 0.480 e. The predicted molar refractivity (Wildman–Crippen MR) is 64.4 cm³/mol. The van der Waals surface area contributed by atoms with Crippen LogP contribution in [-0.4, -0.2) is 27.5 Å². The van der Waals surface area contributed by atoms with E-state index >= 15 is 0 Å². The first-order valence-corrected chi connectivity index (χ1v) is 5.80. The Morgan fingerprint density at radius 3 is 2.44 bits per heavy atom. The summed E-state index contributed by atoms with van der Waals surface area (Å²) in [4.78, 5) is 27.2. The zero-order valence-electron chi connectivity index (χ0n) is 11.0. The van der Waals surface area contributed by atoms with Crippen LogP contribution in [0.25, 0.3) is 0 Å². The lowest BCUT2D eigenvalue weighted by Gasteiger charge is -2.25. The van der Waals surface area contributed by atoms with Crippen molar-refractivity contribution in [2.24, 2.45) is 0 Å². The van der Waals surface area contributed by atoms with Gasteiger partial charge in [0.1, 0.15) is 5.54 Å². The molecular formula is C12H18N2O4. The SMILES string of the molecule is CCCC(C)(NC(=O)c1oc(C)nc1C)C(=O)O. The number of aryl methyl sites for hydroxylation is 2. The average Bonchev–Trinajstić information content (AvgIpc) is 2.57. The smallest absolute Gasteiger partial charge is 0.329 e. The third-order valence-corrected chi connectivity index (χ3v) is 2.72. The fourth-order valence-electron chi connectivity index (χ4n) is 1.77. The zero-order chi connectivity index (χ0) is 13.9. The van der Waals surface area contributed by atoms with Gasteiger partial charge in [-0.15, -0.1) is 0 Å². The summed E-state index contributed by atoms with van der Waals surface area (Å²) >= 11 is 0. The van der Waals surface area contributed by atoms with Gasteiger partial charge in [-0.2, -0.15) is 0 Å². The van der Waals surface area contributed by atoms with Gasteiger partial charge in [-0.3, -0.25) is 4.79 Å². The van der Waals surface area contributed by atoms with Crippen molar-refractivity contribution >= 4 is 11.9 Å². The first kappa shape index (κ1) is 14.2. The number of rotatable bonds is 5. The molecule has 6 heteroatoms. The molecule has 0 aromatic carbocycles. The lowest BCUT2D eigenvalue weighted by Crippen LogP contribution is -2.52. The summed E-state index contributed by atoms with van der Waals surface area (Å²) in [6, 6.07) is 0. The summed E-state index contributed by atoms with van der Waals surface area (Å²) in [5, 5.41) is 11.7. The Bertz CT molecular complexity index is 467. The van der Waals surface area contributed by atoms with E-state index in [1.165, 1.54) is 6.92 Å². The summed E-state index contributed by atoms with van der Waals surface area (Å²) in [5.74, 6) is -1.17. The molecule has 6 nitrogen and oxygen atoms in total. The molecule has 0 aliphatic heterocycles. The molecule has 1 aromatic heterocycles. The molecule has 0 radical (unpaired) electrons. The summed E-state index contributed by atoms with van der Waals surface area (Å²) in [6.45, 7) is 6.61. The van der Waals surface area contributed by atoms with Crippen LogP contribution >= 0.6 is 0 Å². The Balaban J connectivity index is 2.92. The molecule has 0 spiro atoms. The zero-order valence-corrected chi connectivity index (χ0v) is 11.0. The first-order valence-electron chi connectivity index (χ1n) is 5.80. The van der Waals surface area contributed by atoms with Gasteiger partial charge in [0.15, 0.2) is 5.89 Å². The molecule has 1 rings (SSSR count). The summed E-state index contributed by atoms with van der Waals surface area (Å²) < 4.78 is 5.16. The van der Waals surface area contributed by atoms with Crippen molar-refractivity contribution in [3.8, 4) is 0 Å². The molecule has 0 aliphatic carbocycles. The number of carboxylic acid groups (broad SMARTS) is 1. The Morgan fingerprint density at radius 1 is 1.44 bits per heavy atom. The predicted octanol–water partition coefficient (Wildman–Crippen LogP) is 1.66. The van der Waals surface area contributed by atoms with Crippen LogP contribution in [0.3, 0.4) is 0 Å². The molecule has 1 heterocycles. The van der Waals surface area contributed by atoms with E-state index in [1.807, 2.05) is 6.92 Å². The van der Waals surface area contributed by atoms with Gasteiger partial charge in [0.05, 0.1) is 5.69 Å². The van der Waals surface area contributed by atoms with Gasteiger partial charge in [0.25, 0.3) is 5.91 Å². The van der Waals surface area contributed by atoms with Crippen LogP contribution in [0.4, 0.5) is 0 Å². The van der Waals surface area contributed by atoms with E-state index in [0.29, 0.717) is 24.4 Å². The molecule has 1 unspecified atom stereocenters. The molecule has 0 saturated carbocycles. The molecule has 1 aromatic rings. The molecule has 1 amide bonds. The van der Waals surface area contributed by atoms with Crippen LogP contribution in [0.5, 0.6) is 0 Å². The van der Waals surface area contributed by atoms with Crippen molar-refractivity contribution in [1.82, 2.24) is 10.3 Å². The minimum atomic E-state index is -1.29. The molecule has 100 valence electrons. The number of aliphatic carboxylic acids is 1. The van der Waals surface area contributed by atoms with Crippen molar-refractivity contribution in [1.29, 1.82) is 0 Å².